The Balaban J connectivity index is 1.85. The highest BCUT2D eigenvalue weighted by Crippen LogP contribution is 2.22. The SMILES string of the molecule is CC(=O)N1CCN(C(=O)C2CCC(C(=O)O)O2)CC1. The molecule has 0 saturated carbocycles. The van der Waals surface area contributed by atoms with Crippen molar-refractivity contribution in [3.8, 4) is 0 Å². The molecular formula is C12H18N2O5. The number of hydrogen-bond donors (Lipinski definition) is 1. The third-order valence-electron chi connectivity index (χ3n) is 3.61. The van der Waals surface area contributed by atoms with Gasteiger partial charge in [0.05, 0.1) is 0 Å². The van der Waals surface area contributed by atoms with Crippen LogP contribution in [0, 0.1) is 0 Å². The van der Waals surface area contributed by atoms with Gasteiger partial charge < -0.3 is 19.6 Å². The predicted octanol–water partition coefficient (Wildman–Crippen LogP) is -0.691. The minimum absolute atomic E-state index is 0.00940. The Labute approximate surface area is 111 Å². The quantitative estimate of drug-likeness (QED) is 0.717. The maximum absolute atomic E-state index is 12.1. The Morgan fingerprint density at radius 1 is 1.00 bits per heavy atom. The van der Waals surface area contributed by atoms with Crippen molar-refractivity contribution in [1.29, 1.82) is 0 Å². The number of carboxylic acid groups (broad SMARTS) is 1. The Hall–Kier alpha value is -1.63. The van der Waals surface area contributed by atoms with Gasteiger partial charge in [0, 0.05) is 33.1 Å². The lowest BCUT2D eigenvalue weighted by atomic mass is 10.1. The summed E-state index contributed by atoms with van der Waals surface area (Å²) in [5.74, 6) is -1.17. The highest BCUT2D eigenvalue weighted by Gasteiger charge is 2.37. The normalized spacial score (nSPS) is 27.4. The average molecular weight is 270 g/mol. The summed E-state index contributed by atoms with van der Waals surface area (Å²) < 4.78 is 5.24. The largest absolute Gasteiger partial charge is 0.479 e. The molecule has 2 aliphatic rings. The summed E-state index contributed by atoms with van der Waals surface area (Å²) in [7, 11) is 0. The highest BCUT2D eigenvalue weighted by atomic mass is 16.5. The van der Waals surface area contributed by atoms with Crippen LogP contribution in [0.15, 0.2) is 0 Å². The third kappa shape index (κ3) is 3.04. The van der Waals surface area contributed by atoms with E-state index in [0.717, 1.165) is 0 Å². The number of aliphatic carboxylic acids is 1. The van der Waals surface area contributed by atoms with Crippen LogP contribution < -0.4 is 0 Å². The number of carboxylic acids is 1. The van der Waals surface area contributed by atoms with Gasteiger partial charge in [-0.2, -0.15) is 0 Å². The summed E-state index contributed by atoms with van der Waals surface area (Å²) in [6, 6.07) is 0. The third-order valence-corrected chi connectivity index (χ3v) is 3.61. The number of piperazine rings is 1. The van der Waals surface area contributed by atoms with Crippen molar-refractivity contribution < 1.29 is 24.2 Å². The molecule has 0 bridgehead atoms. The average Bonchev–Trinajstić information content (AvgIpc) is 2.87. The molecule has 0 aromatic heterocycles. The number of ether oxygens (including phenoxy) is 1. The summed E-state index contributed by atoms with van der Waals surface area (Å²) in [4.78, 5) is 37.4. The molecular weight excluding hydrogens is 252 g/mol. The zero-order valence-corrected chi connectivity index (χ0v) is 10.9. The molecule has 2 heterocycles. The van der Waals surface area contributed by atoms with Crippen LogP contribution in [0.25, 0.3) is 0 Å². The van der Waals surface area contributed by atoms with E-state index in [1.54, 1.807) is 9.80 Å². The number of amides is 2. The van der Waals surface area contributed by atoms with Crippen molar-refractivity contribution >= 4 is 17.8 Å². The number of nitrogens with zero attached hydrogens (tertiary/aromatic N) is 2. The molecule has 0 aromatic rings. The van der Waals surface area contributed by atoms with Gasteiger partial charge in [-0.25, -0.2) is 4.79 Å². The van der Waals surface area contributed by atoms with E-state index in [9.17, 15) is 14.4 Å². The van der Waals surface area contributed by atoms with Gasteiger partial charge in [-0.05, 0) is 12.8 Å². The molecule has 2 unspecified atom stereocenters. The van der Waals surface area contributed by atoms with Crippen LogP contribution in [-0.4, -0.2) is 71.1 Å². The minimum atomic E-state index is -1.02. The lowest BCUT2D eigenvalue weighted by Crippen LogP contribution is -2.52. The first-order chi connectivity index (χ1) is 8.99. The van der Waals surface area contributed by atoms with Crippen LogP contribution in [0.5, 0.6) is 0 Å². The van der Waals surface area contributed by atoms with Gasteiger partial charge in [-0.1, -0.05) is 0 Å². The molecule has 2 aliphatic heterocycles. The molecule has 2 rings (SSSR count). The van der Waals surface area contributed by atoms with Gasteiger partial charge in [0.1, 0.15) is 6.10 Å². The van der Waals surface area contributed by atoms with Crippen molar-refractivity contribution in [2.45, 2.75) is 32.0 Å². The molecule has 7 heteroatoms. The fourth-order valence-corrected chi connectivity index (χ4v) is 2.45. The summed E-state index contributed by atoms with van der Waals surface area (Å²) in [5, 5.41) is 8.82. The smallest absolute Gasteiger partial charge is 0.332 e. The number of rotatable bonds is 2. The van der Waals surface area contributed by atoms with E-state index >= 15 is 0 Å². The molecule has 0 spiro atoms. The number of hydrogen-bond acceptors (Lipinski definition) is 4. The molecule has 2 saturated heterocycles. The Morgan fingerprint density at radius 3 is 2.00 bits per heavy atom. The van der Waals surface area contributed by atoms with Crippen molar-refractivity contribution in [1.82, 2.24) is 9.80 Å². The molecule has 19 heavy (non-hydrogen) atoms. The van der Waals surface area contributed by atoms with Crippen molar-refractivity contribution in [2.75, 3.05) is 26.2 Å². The Bertz CT molecular complexity index is 390. The van der Waals surface area contributed by atoms with Gasteiger partial charge >= 0.3 is 5.97 Å². The van der Waals surface area contributed by atoms with E-state index in [4.69, 9.17) is 9.84 Å². The molecule has 1 N–H and O–H groups in total. The van der Waals surface area contributed by atoms with E-state index in [-0.39, 0.29) is 11.8 Å². The summed E-state index contributed by atoms with van der Waals surface area (Å²) >= 11 is 0. The predicted molar refractivity (Wildman–Crippen MR) is 64.4 cm³/mol. The molecule has 2 fully saturated rings. The van der Waals surface area contributed by atoms with Gasteiger partial charge in [0.25, 0.3) is 5.91 Å². The van der Waals surface area contributed by atoms with Gasteiger partial charge in [0.2, 0.25) is 5.91 Å². The first-order valence-electron chi connectivity index (χ1n) is 6.41. The lowest BCUT2D eigenvalue weighted by Gasteiger charge is -2.35. The first-order valence-corrected chi connectivity index (χ1v) is 6.41. The van der Waals surface area contributed by atoms with Crippen molar-refractivity contribution in [3.05, 3.63) is 0 Å². The Kier molecular flexibility index (Phi) is 4.04. The zero-order chi connectivity index (χ0) is 14.0. The molecule has 106 valence electrons. The van der Waals surface area contributed by atoms with Crippen LogP contribution >= 0.6 is 0 Å². The number of carbonyl (C=O) groups is 3. The fourth-order valence-electron chi connectivity index (χ4n) is 2.45. The van der Waals surface area contributed by atoms with Crippen LogP contribution in [0.3, 0.4) is 0 Å². The second kappa shape index (κ2) is 5.56. The molecule has 0 aromatic carbocycles. The van der Waals surface area contributed by atoms with E-state index in [2.05, 4.69) is 0 Å². The summed E-state index contributed by atoms with van der Waals surface area (Å²) in [6.07, 6.45) is -0.695. The second-order valence-electron chi connectivity index (χ2n) is 4.86. The van der Waals surface area contributed by atoms with Crippen LogP contribution in [0.2, 0.25) is 0 Å². The van der Waals surface area contributed by atoms with E-state index < -0.39 is 18.2 Å². The molecule has 2 atom stereocenters. The van der Waals surface area contributed by atoms with E-state index in [0.29, 0.717) is 39.0 Å². The maximum Gasteiger partial charge on any atom is 0.332 e. The van der Waals surface area contributed by atoms with Crippen LogP contribution in [-0.2, 0) is 19.1 Å². The highest BCUT2D eigenvalue weighted by molar-refractivity contribution is 5.83. The van der Waals surface area contributed by atoms with Gasteiger partial charge in [-0.3, -0.25) is 9.59 Å². The van der Waals surface area contributed by atoms with Crippen molar-refractivity contribution in [2.24, 2.45) is 0 Å². The van der Waals surface area contributed by atoms with Crippen LogP contribution in [0.4, 0.5) is 0 Å². The maximum atomic E-state index is 12.1. The van der Waals surface area contributed by atoms with E-state index in [1.165, 1.54) is 6.92 Å². The zero-order valence-electron chi connectivity index (χ0n) is 10.9. The minimum Gasteiger partial charge on any atom is -0.479 e. The Morgan fingerprint density at radius 2 is 1.53 bits per heavy atom. The molecule has 0 radical (unpaired) electrons. The van der Waals surface area contributed by atoms with Crippen molar-refractivity contribution in [3.63, 3.8) is 0 Å². The number of carbonyl (C=O) groups excluding carboxylic acids is 2. The second-order valence-corrected chi connectivity index (χ2v) is 4.86. The van der Waals surface area contributed by atoms with Gasteiger partial charge in [0.15, 0.2) is 6.10 Å². The van der Waals surface area contributed by atoms with E-state index in [1.807, 2.05) is 0 Å². The first kappa shape index (κ1) is 13.8. The standard InChI is InChI=1S/C12H18N2O5/c1-8(15)13-4-6-14(7-5-13)11(16)9-2-3-10(19-9)12(17)18/h9-10H,2-7H2,1H3,(H,17,18). The summed E-state index contributed by atoms with van der Waals surface area (Å²) in [6.45, 7) is 3.52. The monoisotopic (exact) mass is 270 g/mol. The lowest BCUT2D eigenvalue weighted by molar-refractivity contribution is -0.156. The van der Waals surface area contributed by atoms with Crippen LogP contribution in [0.1, 0.15) is 19.8 Å². The molecule has 7 nitrogen and oxygen atoms in total. The molecule has 0 aliphatic carbocycles. The fraction of sp³-hybridized carbons (Fsp3) is 0.750. The molecule has 2 amide bonds. The topological polar surface area (TPSA) is 87.2 Å². The van der Waals surface area contributed by atoms with Gasteiger partial charge in [-0.15, -0.1) is 0 Å². The summed E-state index contributed by atoms with van der Waals surface area (Å²) in [5.41, 5.74) is 0.